The van der Waals surface area contributed by atoms with Crippen LogP contribution in [-0.2, 0) is 0 Å². The molecule has 0 bridgehead atoms. The highest BCUT2D eigenvalue weighted by molar-refractivity contribution is 5.01. The molecule has 0 amide bonds. The summed E-state index contributed by atoms with van der Waals surface area (Å²) in [4.78, 5) is 2.48. The summed E-state index contributed by atoms with van der Waals surface area (Å²) in [6, 6.07) is 0.685. The molecule has 1 saturated carbocycles. The zero-order chi connectivity index (χ0) is 11.3. The van der Waals surface area contributed by atoms with Gasteiger partial charge in [0.25, 0.3) is 0 Å². The molecule has 0 aromatic heterocycles. The lowest BCUT2D eigenvalue weighted by atomic mass is 9.84. The van der Waals surface area contributed by atoms with Gasteiger partial charge < -0.3 is 10.2 Å². The number of hydrogen-bond donors (Lipinski definition) is 1. The molecule has 0 spiro atoms. The van der Waals surface area contributed by atoms with Crippen LogP contribution in [0.5, 0.6) is 0 Å². The van der Waals surface area contributed by atoms with E-state index in [0.717, 1.165) is 6.54 Å². The fourth-order valence-electron chi connectivity index (χ4n) is 3.19. The first-order valence-corrected chi connectivity index (χ1v) is 6.58. The van der Waals surface area contributed by atoms with Gasteiger partial charge in [0.1, 0.15) is 0 Å². The first-order valence-electron chi connectivity index (χ1n) is 6.58. The molecular formula is C13H28N2. The maximum atomic E-state index is 3.71. The molecule has 0 heterocycles. The topological polar surface area (TPSA) is 15.3 Å². The normalized spacial score (nSPS) is 22.2. The van der Waals surface area contributed by atoms with Crippen LogP contribution in [0, 0.1) is 0 Å². The Morgan fingerprint density at radius 2 is 1.80 bits per heavy atom. The van der Waals surface area contributed by atoms with Crippen LogP contribution >= 0.6 is 0 Å². The molecule has 1 atom stereocenters. The summed E-state index contributed by atoms with van der Waals surface area (Å²) in [7, 11) is 4.51. The van der Waals surface area contributed by atoms with E-state index >= 15 is 0 Å². The van der Waals surface area contributed by atoms with Gasteiger partial charge in [0.05, 0.1) is 0 Å². The minimum atomic E-state index is 0.437. The number of hydrogen-bond acceptors (Lipinski definition) is 2. The van der Waals surface area contributed by atoms with E-state index in [1.165, 1.54) is 38.5 Å². The molecule has 2 heteroatoms. The van der Waals surface area contributed by atoms with Gasteiger partial charge in [-0.2, -0.15) is 0 Å². The fourth-order valence-corrected chi connectivity index (χ4v) is 3.19. The maximum absolute atomic E-state index is 3.71. The largest absolute Gasteiger partial charge is 0.312 e. The van der Waals surface area contributed by atoms with E-state index in [4.69, 9.17) is 0 Å². The van der Waals surface area contributed by atoms with Crippen molar-refractivity contribution in [1.82, 2.24) is 10.2 Å². The van der Waals surface area contributed by atoms with Gasteiger partial charge in [-0.1, -0.05) is 33.1 Å². The summed E-state index contributed by atoms with van der Waals surface area (Å²) in [5.74, 6) is 0. The first-order chi connectivity index (χ1) is 7.17. The van der Waals surface area contributed by atoms with E-state index < -0.39 is 0 Å². The smallest absolute Gasteiger partial charge is 0.0356 e. The first kappa shape index (κ1) is 13.0. The summed E-state index contributed by atoms with van der Waals surface area (Å²) in [5, 5.41) is 3.71. The monoisotopic (exact) mass is 212 g/mol. The summed E-state index contributed by atoms with van der Waals surface area (Å²) >= 11 is 0. The van der Waals surface area contributed by atoms with Crippen LogP contribution in [0.3, 0.4) is 0 Å². The van der Waals surface area contributed by atoms with Gasteiger partial charge in [-0.15, -0.1) is 0 Å². The highest BCUT2D eigenvalue weighted by Crippen LogP contribution is 2.38. The van der Waals surface area contributed by atoms with Gasteiger partial charge in [-0.05, 0) is 39.9 Å². The lowest BCUT2D eigenvalue weighted by Gasteiger charge is -2.43. The van der Waals surface area contributed by atoms with Gasteiger partial charge in [0.2, 0.25) is 0 Å². The Balaban J connectivity index is 2.74. The second-order valence-electron chi connectivity index (χ2n) is 5.10. The highest BCUT2D eigenvalue weighted by atomic mass is 15.2. The van der Waals surface area contributed by atoms with E-state index in [2.05, 4.69) is 38.2 Å². The van der Waals surface area contributed by atoms with Crippen LogP contribution < -0.4 is 5.32 Å². The predicted octanol–water partition coefficient (Wildman–Crippen LogP) is 2.64. The lowest BCUT2D eigenvalue weighted by Crippen LogP contribution is -2.57. The van der Waals surface area contributed by atoms with E-state index in [1.54, 1.807) is 0 Å². The zero-order valence-corrected chi connectivity index (χ0v) is 11.0. The van der Waals surface area contributed by atoms with Crippen LogP contribution in [0.15, 0.2) is 0 Å². The van der Waals surface area contributed by atoms with Crippen molar-refractivity contribution >= 4 is 0 Å². The molecule has 1 N–H and O–H groups in total. The predicted molar refractivity (Wildman–Crippen MR) is 67.3 cm³/mol. The summed E-state index contributed by atoms with van der Waals surface area (Å²) in [6.07, 6.45) is 8.15. The third-order valence-electron chi connectivity index (χ3n) is 4.04. The van der Waals surface area contributed by atoms with E-state index in [1.807, 2.05) is 0 Å². The van der Waals surface area contributed by atoms with Crippen LogP contribution in [0.4, 0.5) is 0 Å². The number of nitrogens with one attached hydrogen (secondary N) is 1. The van der Waals surface area contributed by atoms with Gasteiger partial charge >= 0.3 is 0 Å². The van der Waals surface area contributed by atoms with Crippen LogP contribution in [0.1, 0.15) is 52.4 Å². The highest BCUT2D eigenvalue weighted by Gasteiger charge is 2.42. The molecule has 1 rings (SSSR count). The Morgan fingerprint density at radius 3 is 2.20 bits per heavy atom. The van der Waals surface area contributed by atoms with Crippen molar-refractivity contribution in [3.63, 3.8) is 0 Å². The number of likely N-dealkylation sites (N-methyl/N-ethyl adjacent to an activating group) is 2. The van der Waals surface area contributed by atoms with Crippen molar-refractivity contribution in [2.45, 2.75) is 64.0 Å². The molecule has 0 aromatic rings. The summed E-state index contributed by atoms with van der Waals surface area (Å²) < 4.78 is 0. The van der Waals surface area contributed by atoms with Crippen LogP contribution in [0.2, 0.25) is 0 Å². The minimum absolute atomic E-state index is 0.437. The molecule has 0 saturated heterocycles. The van der Waals surface area contributed by atoms with Gasteiger partial charge in [-0.25, -0.2) is 0 Å². The second-order valence-corrected chi connectivity index (χ2v) is 5.10. The van der Waals surface area contributed by atoms with Crippen molar-refractivity contribution in [3.05, 3.63) is 0 Å². The van der Waals surface area contributed by atoms with E-state index in [9.17, 15) is 0 Å². The SMILES string of the molecule is CCCC(NCC)C1(N(C)C)CCCC1. The molecule has 1 aliphatic rings. The van der Waals surface area contributed by atoms with Gasteiger partial charge in [0.15, 0.2) is 0 Å². The molecule has 2 nitrogen and oxygen atoms in total. The Labute approximate surface area is 95.4 Å². The van der Waals surface area contributed by atoms with Crippen molar-refractivity contribution in [3.8, 4) is 0 Å². The molecule has 15 heavy (non-hydrogen) atoms. The van der Waals surface area contributed by atoms with Crippen LogP contribution in [-0.4, -0.2) is 37.1 Å². The van der Waals surface area contributed by atoms with Gasteiger partial charge in [-0.3, -0.25) is 0 Å². The molecule has 0 radical (unpaired) electrons. The Morgan fingerprint density at radius 1 is 1.20 bits per heavy atom. The third kappa shape index (κ3) is 2.73. The minimum Gasteiger partial charge on any atom is -0.312 e. The molecule has 0 aliphatic heterocycles. The summed E-state index contributed by atoms with van der Waals surface area (Å²) in [6.45, 7) is 5.61. The Bertz CT molecular complexity index is 165. The van der Waals surface area contributed by atoms with Crippen molar-refractivity contribution in [2.24, 2.45) is 0 Å². The lowest BCUT2D eigenvalue weighted by molar-refractivity contribution is 0.100. The number of rotatable bonds is 6. The molecular weight excluding hydrogens is 184 g/mol. The average molecular weight is 212 g/mol. The van der Waals surface area contributed by atoms with E-state index in [0.29, 0.717) is 11.6 Å². The zero-order valence-electron chi connectivity index (χ0n) is 11.0. The Kier molecular flexibility index (Phi) is 5.07. The molecule has 0 aromatic carbocycles. The molecule has 1 unspecified atom stereocenters. The average Bonchev–Trinajstić information content (AvgIpc) is 2.67. The third-order valence-corrected chi connectivity index (χ3v) is 4.04. The fraction of sp³-hybridized carbons (Fsp3) is 1.00. The second kappa shape index (κ2) is 5.86. The molecule has 90 valence electrons. The van der Waals surface area contributed by atoms with Crippen molar-refractivity contribution in [2.75, 3.05) is 20.6 Å². The standard InChI is InChI=1S/C13H28N2/c1-5-9-12(14-6-2)13(15(3)4)10-7-8-11-13/h12,14H,5-11H2,1-4H3. The van der Waals surface area contributed by atoms with Crippen molar-refractivity contribution < 1.29 is 0 Å². The maximum Gasteiger partial charge on any atom is 0.0356 e. The quantitative estimate of drug-likeness (QED) is 0.728. The van der Waals surface area contributed by atoms with E-state index in [-0.39, 0.29) is 0 Å². The molecule has 1 aliphatic carbocycles. The van der Waals surface area contributed by atoms with Crippen molar-refractivity contribution in [1.29, 1.82) is 0 Å². The van der Waals surface area contributed by atoms with Gasteiger partial charge in [0, 0.05) is 11.6 Å². The Hall–Kier alpha value is -0.0800. The van der Waals surface area contributed by atoms with Crippen LogP contribution in [0.25, 0.3) is 0 Å². The number of nitrogens with zero attached hydrogens (tertiary/aromatic N) is 1. The summed E-state index contributed by atoms with van der Waals surface area (Å²) in [5.41, 5.74) is 0.437. The molecule has 1 fully saturated rings.